The molecule has 0 radical (unpaired) electrons. The third kappa shape index (κ3) is 4.06. The van der Waals surface area contributed by atoms with E-state index in [2.05, 4.69) is 141 Å². The lowest BCUT2D eigenvalue weighted by Crippen LogP contribution is -2.31. The summed E-state index contributed by atoms with van der Waals surface area (Å²) in [6.45, 7) is 7.02. The normalized spacial score (nSPS) is 19.2. The molecule has 0 amide bonds. The molecule has 1 spiro atoms. The standard InChI is InChI=1S/C37H24.C8H10/c1-3-8-23(9-4-1)25-14-17-29-30-19-16-27-22-35(30)37(33(29)20-25)34-21-26(24-10-5-2-6-11-24)15-18-31(34)32-13-7-12-28(27)36(32)37;1-3-5-7-8-6-4-2/h1-20,22,26H,21H2;3-8H,1-2H2/b;7-5+,8-6+. The number of rotatable bonds is 5. The minimum Gasteiger partial charge on any atom is -0.0991 e. The molecule has 9 rings (SSSR count). The van der Waals surface area contributed by atoms with Crippen molar-refractivity contribution in [1.82, 2.24) is 0 Å². The number of allylic oxidation sites excluding steroid dienone is 10. The van der Waals surface area contributed by atoms with Crippen LogP contribution >= 0.6 is 0 Å². The summed E-state index contributed by atoms with van der Waals surface area (Å²) in [6.07, 6.45) is 16.9. The van der Waals surface area contributed by atoms with Gasteiger partial charge in [0.05, 0.1) is 5.41 Å². The van der Waals surface area contributed by atoms with Gasteiger partial charge < -0.3 is 0 Å². The molecule has 0 N–H and O–H groups in total. The van der Waals surface area contributed by atoms with Gasteiger partial charge >= 0.3 is 0 Å². The Bertz CT molecular complexity index is 2080. The molecule has 45 heavy (non-hydrogen) atoms. The average molecular weight is 575 g/mol. The Hall–Kier alpha value is -5.46. The summed E-state index contributed by atoms with van der Waals surface area (Å²) >= 11 is 0. The quantitative estimate of drug-likeness (QED) is 0.183. The Morgan fingerprint density at radius 2 is 1.18 bits per heavy atom. The Labute approximate surface area is 266 Å². The topological polar surface area (TPSA) is 0 Å². The van der Waals surface area contributed by atoms with Gasteiger partial charge in [-0.1, -0.05) is 165 Å². The van der Waals surface area contributed by atoms with Crippen molar-refractivity contribution in [2.75, 3.05) is 0 Å². The van der Waals surface area contributed by atoms with E-state index in [9.17, 15) is 0 Å². The van der Waals surface area contributed by atoms with Crippen molar-refractivity contribution in [1.29, 1.82) is 0 Å². The summed E-state index contributed by atoms with van der Waals surface area (Å²) in [7, 11) is 0. The predicted molar refractivity (Wildman–Crippen MR) is 191 cm³/mol. The lowest BCUT2D eigenvalue weighted by molar-refractivity contribution is 0.677. The SMILES string of the molecule is C1=CC(c2ccccc2)CC2=C1c1cccc3c1C21c2cc(-c4ccccc4)ccc2-c2ccc-3cc21.C=C/C=C/C=C/C=C. The summed E-state index contributed by atoms with van der Waals surface area (Å²) in [5, 5.41) is 0. The van der Waals surface area contributed by atoms with Crippen LogP contribution in [0.4, 0.5) is 0 Å². The third-order valence-electron chi connectivity index (χ3n) is 9.82. The van der Waals surface area contributed by atoms with Crippen LogP contribution in [0.25, 0.3) is 39.0 Å². The summed E-state index contributed by atoms with van der Waals surface area (Å²) in [4.78, 5) is 0. The lowest BCUT2D eigenvalue weighted by Gasteiger charge is -2.38. The first-order valence-electron chi connectivity index (χ1n) is 15.8. The fourth-order valence-corrected chi connectivity index (χ4v) is 8.00. The highest BCUT2D eigenvalue weighted by Gasteiger charge is 2.56. The maximum atomic E-state index is 3.51. The fourth-order valence-electron chi connectivity index (χ4n) is 8.00. The molecular formula is C45H34. The van der Waals surface area contributed by atoms with Gasteiger partial charge in [-0.25, -0.2) is 0 Å². The van der Waals surface area contributed by atoms with Gasteiger partial charge in [-0.15, -0.1) is 0 Å². The van der Waals surface area contributed by atoms with Crippen LogP contribution in [0.15, 0.2) is 183 Å². The van der Waals surface area contributed by atoms with Crippen LogP contribution in [0.3, 0.4) is 0 Å². The van der Waals surface area contributed by atoms with Crippen LogP contribution < -0.4 is 0 Å². The van der Waals surface area contributed by atoms with Gasteiger partial charge in [-0.3, -0.25) is 0 Å². The van der Waals surface area contributed by atoms with E-state index < -0.39 is 0 Å². The first kappa shape index (κ1) is 27.1. The van der Waals surface area contributed by atoms with Crippen molar-refractivity contribution < 1.29 is 0 Å². The van der Waals surface area contributed by atoms with Crippen LogP contribution in [0.5, 0.6) is 0 Å². The molecule has 5 aromatic rings. The van der Waals surface area contributed by atoms with E-state index in [0.717, 1.165) is 6.42 Å². The minimum atomic E-state index is -0.206. The average Bonchev–Trinajstić information content (AvgIpc) is 3.59. The number of benzene rings is 5. The number of hydrogen-bond acceptors (Lipinski definition) is 0. The van der Waals surface area contributed by atoms with Crippen LogP contribution in [0, 0.1) is 0 Å². The van der Waals surface area contributed by atoms with E-state index >= 15 is 0 Å². The highest BCUT2D eigenvalue weighted by Crippen LogP contribution is 2.68. The molecule has 2 atom stereocenters. The molecule has 4 aliphatic rings. The molecule has 214 valence electrons. The zero-order valence-corrected chi connectivity index (χ0v) is 25.3. The number of hydrogen-bond donors (Lipinski definition) is 0. The van der Waals surface area contributed by atoms with Gasteiger partial charge in [-0.05, 0) is 90.9 Å². The van der Waals surface area contributed by atoms with E-state index in [1.54, 1.807) is 17.7 Å². The lowest BCUT2D eigenvalue weighted by atomic mass is 9.63. The Morgan fingerprint density at radius 3 is 1.87 bits per heavy atom. The highest BCUT2D eigenvalue weighted by atomic mass is 14.6. The second-order valence-electron chi connectivity index (χ2n) is 12.1. The maximum absolute atomic E-state index is 3.51. The van der Waals surface area contributed by atoms with Crippen molar-refractivity contribution in [3.8, 4) is 33.4 Å². The molecule has 5 aromatic carbocycles. The molecule has 0 nitrogen and oxygen atoms in total. The molecule has 0 saturated carbocycles. The minimum absolute atomic E-state index is 0.206. The van der Waals surface area contributed by atoms with Gasteiger partial charge in [0, 0.05) is 5.92 Å². The second-order valence-corrected chi connectivity index (χ2v) is 12.1. The largest absolute Gasteiger partial charge is 0.0991 e. The molecule has 2 bridgehead atoms. The van der Waals surface area contributed by atoms with Crippen LogP contribution in [-0.2, 0) is 5.41 Å². The Morgan fingerprint density at radius 1 is 0.556 bits per heavy atom. The second kappa shape index (κ2) is 10.9. The molecule has 0 heterocycles. The van der Waals surface area contributed by atoms with E-state index in [0.29, 0.717) is 5.92 Å². The van der Waals surface area contributed by atoms with Crippen molar-refractivity contribution >= 4 is 5.57 Å². The summed E-state index contributed by atoms with van der Waals surface area (Å²) in [5.74, 6) is 0.391. The predicted octanol–water partition coefficient (Wildman–Crippen LogP) is 11.6. The molecule has 0 heteroatoms. The molecule has 0 aliphatic heterocycles. The fraction of sp³-hybridized carbons (Fsp3) is 0.0667. The van der Waals surface area contributed by atoms with Gasteiger partial charge in [-0.2, -0.15) is 0 Å². The Balaban J connectivity index is 0.000000336. The maximum Gasteiger partial charge on any atom is 0.0695 e. The molecular weight excluding hydrogens is 540 g/mol. The van der Waals surface area contributed by atoms with Gasteiger partial charge in [0.1, 0.15) is 0 Å². The summed E-state index contributed by atoms with van der Waals surface area (Å²) in [6, 6.07) is 43.2. The van der Waals surface area contributed by atoms with E-state index in [-0.39, 0.29) is 5.41 Å². The van der Waals surface area contributed by atoms with Crippen molar-refractivity contribution in [3.63, 3.8) is 0 Å². The summed E-state index contributed by atoms with van der Waals surface area (Å²) < 4.78 is 0. The van der Waals surface area contributed by atoms with Gasteiger partial charge in [0.15, 0.2) is 0 Å². The van der Waals surface area contributed by atoms with Gasteiger partial charge in [0.25, 0.3) is 0 Å². The molecule has 4 aliphatic carbocycles. The molecule has 0 fully saturated rings. The molecule has 0 saturated heterocycles. The third-order valence-corrected chi connectivity index (χ3v) is 9.82. The van der Waals surface area contributed by atoms with E-state index in [4.69, 9.17) is 0 Å². The smallest absolute Gasteiger partial charge is 0.0695 e. The first-order valence-corrected chi connectivity index (χ1v) is 15.8. The van der Waals surface area contributed by atoms with E-state index in [1.807, 2.05) is 24.3 Å². The zero-order chi connectivity index (χ0) is 30.4. The highest BCUT2D eigenvalue weighted by molar-refractivity contribution is 6.03. The molecule has 2 unspecified atom stereocenters. The summed E-state index contributed by atoms with van der Waals surface area (Å²) in [5.41, 5.74) is 18.2. The zero-order valence-electron chi connectivity index (χ0n) is 25.3. The van der Waals surface area contributed by atoms with Crippen molar-refractivity contribution in [2.45, 2.75) is 17.8 Å². The van der Waals surface area contributed by atoms with Crippen molar-refractivity contribution in [2.24, 2.45) is 0 Å². The van der Waals surface area contributed by atoms with Crippen LogP contribution in [-0.4, -0.2) is 0 Å². The first-order chi connectivity index (χ1) is 22.3. The Kier molecular flexibility index (Phi) is 6.58. The monoisotopic (exact) mass is 574 g/mol. The molecule has 0 aromatic heterocycles. The van der Waals surface area contributed by atoms with Crippen LogP contribution in [0.2, 0.25) is 0 Å². The van der Waals surface area contributed by atoms with Crippen LogP contribution in [0.1, 0.15) is 40.2 Å². The van der Waals surface area contributed by atoms with E-state index in [1.165, 1.54) is 66.8 Å². The van der Waals surface area contributed by atoms with Crippen molar-refractivity contribution in [3.05, 3.63) is 210 Å². The van der Waals surface area contributed by atoms with Gasteiger partial charge in [0.2, 0.25) is 0 Å². The number of fused-ring (bicyclic) bond motifs is 5.